The number of aliphatic hydroxyl groups excluding tert-OH is 1. The molecule has 1 spiro atoms. The zero-order chi connectivity index (χ0) is 17.9. The molecule has 0 bridgehead atoms. The van der Waals surface area contributed by atoms with Gasteiger partial charge in [0, 0.05) is 6.42 Å². The third-order valence-corrected chi connectivity index (χ3v) is 5.26. The number of carbonyl (C=O) groups excluding carboxylic acids is 3. The summed E-state index contributed by atoms with van der Waals surface area (Å²) in [7, 11) is 0. The second-order valence-corrected chi connectivity index (χ2v) is 7.09. The number of nitrogens with one attached hydrogen (secondary N) is 1. The normalized spacial score (nSPS) is 20.3. The van der Waals surface area contributed by atoms with Crippen molar-refractivity contribution in [1.82, 2.24) is 10.2 Å². The molecular formula is C19H24N2O4. The Balaban J connectivity index is 1.58. The zero-order valence-electron chi connectivity index (χ0n) is 14.2. The maximum absolute atomic E-state index is 12.6. The predicted octanol–water partition coefficient (Wildman–Crippen LogP) is 1.03. The maximum Gasteiger partial charge on any atom is 0.240 e. The number of imide groups is 1. The highest BCUT2D eigenvalue weighted by atomic mass is 16.3. The zero-order valence-corrected chi connectivity index (χ0v) is 14.2. The molecule has 1 aromatic rings. The summed E-state index contributed by atoms with van der Waals surface area (Å²) in [5.41, 5.74) is 0.442. The summed E-state index contributed by atoms with van der Waals surface area (Å²) in [5, 5.41) is 12.2. The number of hydrogen-bond donors (Lipinski definition) is 2. The Bertz CT molecular complexity index is 653. The minimum absolute atomic E-state index is 0.200. The Kier molecular flexibility index (Phi) is 5.18. The molecule has 1 saturated heterocycles. The van der Waals surface area contributed by atoms with Crippen molar-refractivity contribution in [2.45, 2.75) is 44.6 Å². The van der Waals surface area contributed by atoms with Crippen LogP contribution in [0.1, 0.15) is 37.7 Å². The second kappa shape index (κ2) is 7.35. The van der Waals surface area contributed by atoms with Crippen LogP contribution >= 0.6 is 0 Å². The van der Waals surface area contributed by atoms with Gasteiger partial charge in [0.25, 0.3) is 0 Å². The van der Waals surface area contributed by atoms with Gasteiger partial charge in [-0.05, 0) is 24.8 Å². The van der Waals surface area contributed by atoms with Crippen molar-refractivity contribution < 1.29 is 19.5 Å². The monoisotopic (exact) mass is 344 g/mol. The molecule has 25 heavy (non-hydrogen) atoms. The van der Waals surface area contributed by atoms with E-state index in [1.807, 2.05) is 30.3 Å². The molecule has 1 aromatic carbocycles. The van der Waals surface area contributed by atoms with Gasteiger partial charge in [0.2, 0.25) is 17.7 Å². The van der Waals surface area contributed by atoms with Crippen molar-refractivity contribution in [1.29, 1.82) is 0 Å². The molecule has 1 heterocycles. The molecule has 134 valence electrons. The number of nitrogens with zero attached hydrogens (tertiary/aromatic N) is 1. The number of likely N-dealkylation sites (tertiary alicyclic amines) is 1. The van der Waals surface area contributed by atoms with Gasteiger partial charge in [0.15, 0.2) is 0 Å². The molecule has 1 aliphatic heterocycles. The third kappa shape index (κ3) is 3.74. The van der Waals surface area contributed by atoms with Crippen LogP contribution in [0.4, 0.5) is 0 Å². The lowest BCUT2D eigenvalue weighted by molar-refractivity contribution is -0.145. The molecule has 3 amide bonds. The van der Waals surface area contributed by atoms with Crippen LogP contribution in [0.25, 0.3) is 0 Å². The quantitative estimate of drug-likeness (QED) is 0.755. The lowest BCUT2D eigenvalue weighted by Gasteiger charge is -2.22. The first kappa shape index (κ1) is 17.6. The summed E-state index contributed by atoms with van der Waals surface area (Å²) in [5.74, 6) is -0.869. The van der Waals surface area contributed by atoms with Crippen LogP contribution in [0.2, 0.25) is 0 Å². The number of aliphatic hydroxyl groups is 1. The number of benzene rings is 1. The van der Waals surface area contributed by atoms with E-state index in [4.69, 9.17) is 0 Å². The van der Waals surface area contributed by atoms with Crippen LogP contribution in [-0.4, -0.2) is 46.9 Å². The molecule has 2 fully saturated rings. The number of amides is 3. The lowest BCUT2D eigenvalue weighted by Crippen LogP contribution is -2.46. The number of hydrogen-bond acceptors (Lipinski definition) is 4. The Morgan fingerprint density at radius 3 is 2.52 bits per heavy atom. The van der Waals surface area contributed by atoms with Crippen molar-refractivity contribution in [3.63, 3.8) is 0 Å². The van der Waals surface area contributed by atoms with Gasteiger partial charge < -0.3 is 10.4 Å². The Morgan fingerprint density at radius 2 is 1.88 bits per heavy atom. The fourth-order valence-corrected chi connectivity index (χ4v) is 3.94. The van der Waals surface area contributed by atoms with E-state index in [9.17, 15) is 19.5 Å². The van der Waals surface area contributed by atoms with Gasteiger partial charge in [-0.1, -0.05) is 43.2 Å². The number of carbonyl (C=O) groups is 3. The molecule has 1 saturated carbocycles. The van der Waals surface area contributed by atoms with E-state index in [2.05, 4.69) is 5.32 Å². The molecule has 0 aromatic heterocycles. The van der Waals surface area contributed by atoms with Crippen molar-refractivity contribution in [3.05, 3.63) is 35.9 Å². The smallest absolute Gasteiger partial charge is 0.240 e. The summed E-state index contributed by atoms with van der Waals surface area (Å²) in [4.78, 5) is 38.2. The Morgan fingerprint density at radius 1 is 1.20 bits per heavy atom. The topological polar surface area (TPSA) is 86.7 Å². The minimum atomic E-state index is -0.558. The van der Waals surface area contributed by atoms with Gasteiger partial charge in [-0.25, -0.2) is 0 Å². The molecule has 2 N–H and O–H groups in total. The van der Waals surface area contributed by atoms with Gasteiger partial charge in [0.1, 0.15) is 6.54 Å². The average molecular weight is 344 g/mol. The van der Waals surface area contributed by atoms with E-state index in [0.717, 1.165) is 36.1 Å². The highest BCUT2D eigenvalue weighted by Crippen LogP contribution is 2.46. The van der Waals surface area contributed by atoms with E-state index < -0.39 is 17.4 Å². The second-order valence-electron chi connectivity index (χ2n) is 7.09. The van der Waals surface area contributed by atoms with Crippen LogP contribution in [0, 0.1) is 5.41 Å². The molecule has 2 aliphatic rings. The van der Waals surface area contributed by atoms with Crippen LogP contribution in [0.3, 0.4) is 0 Å². The van der Waals surface area contributed by atoms with Crippen molar-refractivity contribution in [2.24, 2.45) is 5.41 Å². The fraction of sp³-hybridized carbons (Fsp3) is 0.526. The predicted molar refractivity (Wildman–Crippen MR) is 91.4 cm³/mol. The lowest BCUT2D eigenvalue weighted by atomic mass is 9.84. The highest BCUT2D eigenvalue weighted by Gasteiger charge is 2.52. The molecule has 6 nitrogen and oxygen atoms in total. The summed E-state index contributed by atoms with van der Waals surface area (Å²) < 4.78 is 0. The summed E-state index contributed by atoms with van der Waals surface area (Å²) in [6.07, 6.45) is 4.12. The Hall–Kier alpha value is -2.21. The van der Waals surface area contributed by atoms with Crippen molar-refractivity contribution in [2.75, 3.05) is 13.2 Å². The van der Waals surface area contributed by atoms with Gasteiger partial charge >= 0.3 is 0 Å². The largest absolute Gasteiger partial charge is 0.394 e. The fourth-order valence-electron chi connectivity index (χ4n) is 3.94. The molecule has 1 aliphatic carbocycles. The molecule has 3 rings (SSSR count). The van der Waals surface area contributed by atoms with E-state index in [0.29, 0.717) is 6.42 Å². The van der Waals surface area contributed by atoms with Crippen LogP contribution in [0.5, 0.6) is 0 Å². The number of rotatable bonds is 6. The maximum atomic E-state index is 12.6. The average Bonchev–Trinajstić information content (AvgIpc) is 3.16. The van der Waals surface area contributed by atoms with E-state index in [1.54, 1.807) is 0 Å². The summed E-state index contributed by atoms with van der Waals surface area (Å²) in [6.45, 7) is -0.461. The minimum Gasteiger partial charge on any atom is -0.394 e. The molecule has 6 heteroatoms. The van der Waals surface area contributed by atoms with Crippen molar-refractivity contribution in [3.8, 4) is 0 Å². The first-order chi connectivity index (χ1) is 12.0. The molecular weight excluding hydrogens is 320 g/mol. The van der Waals surface area contributed by atoms with Gasteiger partial charge in [0.05, 0.1) is 18.1 Å². The van der Waals surface area contributed by atoms with Crippen LogP contribution in [0.15, 0.2) is 30.3 Å². The van der Waals surface area contributed by atoms with Crippen molar-refractivity contribution >= 4 is 17.7 Å². The standard InChI is InChI=1S/C19H24N2O4/c22-13-15(10-14-6-2-1-3-7-14)20-16(23)12-21-17(24)11-19(18(21)25)8-4-5-9-19/h1-3,6-7,15,22H,4-5,8-13H2,(H,20,23)/t15-/m0/s1. The van der Waals surface area contributed by atoms with Crippen LogP contribution in [-0.2, 0) is 20.8 Å². The SMILES string of the molecule is O=C(CN1C(=O)CC2(CCCC2)C1=O)N[C@H](CO)Cc1ccccc1. The van der Waals surface area contributed by atoms with Gasteiger partial charge in [-0.15, -0.1) is 0 Å². The first-order valence-corrected chi connectivity index (χ1v) is 8.83. The van der Waals surface area contributed by atoms with E-state index >= 15 is 0 Å². The molecule has 0 unspecified atom stereocenters. The van der Waals surface area contributed by atoms with Crippen LogP contribution < -0.4 is 5.32 Å². The van der Waals surface area contributed by atoms with E-state index in [-0.39, 0.29) is 31.4 Å². The third-order valence-electron chi connectivity index (χ3n) is 5.26. The van der Waals surface area contributed by atoms with Gasteiger partial charge in [-0.3, -0.25) is 19.3 Å². The summed E-state index contributed by atoms with van der Waals surface area (Å²) in [6, 6.07) is 9.10. The molecule has 1 atom stereocenters. The van der Waals surface area contributed by atoms with Gasteiger partial charge in [-0.2, -0.15) is 0 Å². The molecule has 0 radical (unpaired) electrons. The Labute approximate surface area is 147 Å². The first-order valence-electron chi connectivity index (χ1n) is 8.83. The van der Waals surface area contributed by atoms with E-state index in [1.165, 1.54) is 0 Å². The summed E-state index contributed by atoms with van der Waals surface area (Å²) >= 11 is 0. The highest BCUT2D eigenvalue weighted by molar-refractivity contribution is 6.08.